The fourth-order valence-corrected chi connectivity index (χ4v) is 2.51. The predicted molar refractivity (Wildman–Crippen MR) is 87.4 cm³/mol. The van der Waals surface area contributed by atoms with Crippen LogP contribution in [-0.2, 0) is 6.54 Å². The van der Waals surface area contributed by atoms with Crippen molar-refractivity contribution in [1.29, 1.82) is 0 Å². The third-order valence-electron chi connectivity index (χ3n) is 3.74. The molecule has 1 rings (SSSR count). The maximum atomic E-state index is 8.79. The van der Waals surface area contributed by atoms with E-state index in [2.05, 4.69) is 43.7 Å². The Labute approximate surface area is 128 Å². The van der Waals surface area contributed by atoms with Crippen molar-refractivity contribution >= 4 is 0 Å². The molecule has 3 heteroatoms. The van der Waals surface area contributed by atoms with Gasteiger partial charge >= 0.3 is 0 Å². The van der Waals surface area contributed by atoms with Crippen molar-refractivity contribution in [2.45, 2.75) is 45.7 Å². The summed E-state index contributed by atoms with van der Waals surface area (Å²) in [5.41, 5.74) is 2.12. The topological polar surface area (TPSA) is 32.7 Å². The number of aliphatic hydroxyl groups is 1. The third kappa shape index (κ3) is 5.41. The minimum atomic E-state index is 0.105. The second kappa shape index (κ2) is 9.44. The van der Waals surface area contributed by atoms with E-state index in [0.717, 1.165) is 36.3 Å². The number of benzene rings is 1. The number of aliphatic hydroxyl groups excluding tert-OH is 1. The Kier molecular flexibility index (Phi) is 7.89. The SMILES string of the molecule is CCC(CC)N(C)Cc1cc(C#CCCO)ccc1OC. The van der Waals surface area contributed by atoms with Gasteiger partial charge in [0, 0.05) is 30.1 Å². The van der Waals surface area contributed by atoms with E-state index in [0.29, 0.717) is 12.5 Å². The van der Waals surface area contributed by atoms with Crippen molar-refractivity contribution in [3.05, 3.63) is 29.3 Å². The molecule has 1 aromatic carbocycles. The number of ether oxygens (including phenoxy) is 1. The number of hydrogen-bond donors (Lipinski definition) is 1. The van der Waals surface area contributed by atoms with Gasteiger partial charge in [0.25, 0.3) is 0 Å². The number of methoxy groups -OCH3 is 1. The van der Waals surface area contributed by atoms with Crippen LogP contribution >= 0.6 is 0 Å². The molecule has 0 bridgehead atoms. The van der Waals surface area contributed by atoms with Crippen LogP contribution < -0.4 is 4.74 Å². The van der Waals surface area contributed by atoms with E-state index in [1.165, 1.54) is 0 Å². The molecule has 0 spiro atoms. The summed E-state index contributed by atoms with van der Waals surface area (Å²) in [7, 11) is 3.86. The van der Waals surface area contributed by atoms with E-state index in [4.69, 9.17) is 9.84 Å². The van der Waals surface area contributed by atoms with Gasteiger partial charge in [-0.3, -0.25) is 4.90 Å². The van der Waals surface area contributed by atoms with Crippen LogP contribution in [0.4, 0.5) is 0 Å². The zero-order valence-corrected chi connectivity index (χ0v) is 13.6. The first-order valence-electron chi connectivity index (χ1n) is 7.63. The van der Waals surface area contributed by atoms with Crippen LogP contribution in [0.25, 0.3) is 0 Å². The second-order valence-electron chi connectivity index (χ2n) is 5.19. The molecular weight excluding hydrogens is 262 g/mol. The fraction of sp³-hybridized carbons (Fsp3) is 0.556. The Morgan fingerprint density at radius 3 is 2.57 bits per heavy atom. The molecule has 0 fully saturated rings. The van der Waals surface area contributed by atoms with Gasteiger partial charge in [0.05, 0.1) is 13.7 Å². The van der Waals surface area contributed by atoms with Gasteiger partial charge in [-0.2, -0.15) is 0 Å². The van der Waals surface area contributed by atoms with Crippen molar-refractivity contribution < 1.29 is 9.84 Å². The first kappa shape index (κ1) is 17.6. The lowest BCUT2D eigenvalue weighted by Gasteiger charge is -2.26. The van der Waals surface area contributed by atoms with Gasteiger partial charge in [0.15, 0.2) is 0 Å². The van der Waals surface area contributed by atoms with E-state index >= 15 is 0 Å². The van der Waals surface area contributed by atoms with E-state index < -0.39 is 0 Å². The lowest BCUT2D eigenvalue weighted by Crippen LogP contribution is -2.30. The molecule has 0 aliphatic rings. The van der Waals surface area contributed by atoms with Crippen molar-refractivity contribution in [3.63, 3.8) is 0 Å². The highest BCUT2D eigenvalue weighted by atomic mass is 16.5. The van der Waals surface area contributed by atoms with Crippen LogP contribution in [0.1, 0.15) is 44.2 Å². The summed E-state index contributed by atoms with van der Waals surface area (Å²) in [5.74, 6) is 6.95. The summed E-state index contributed by atoms with van der Waals surface area (Å²) in [6.07, 6.45) is 2.80. The van der Waals surface area contributed by atoms with Crippen LogP contribution in [0.15, 0.2) is 18.2 Å². The Morgan fingerprint density at radius 2 is 2.00 bits per heavy atom. The van der Waals surface area contributed by atoms with E-state index in [9.17, 15) is 0 Å². The highest BCUT2D eigenvalue weighted by Crippen LogP contribution is 2.22. The van der Waals surface area contributed by atoms with Gasteiger partial charge in [-0.05, 0) is 38.1 Å². The third-order valence-corrected chi connectivity index (χ3v) is 3.74. The van der Waals surface area contributed by atoms with Crippen LogP contribution in [0, 0.1) is 11.8 Å². The number of hydrogen-bond acceptors (Lipinski definition) is 3. The van der Waals surface area contributed by atoms with Gasteiger partial charge in [-0.1, -0.05) is 25.7 Å². The molecule has 0 aromatic heterocycles. The van der Waals surface area contributed by atoms with E-state index in [-0.39, 0.29) is 6.61 Å². The summed E-state index contributed by atoms with van der Waals surface area (Å²) >= 11 is 0. The van der Waals surface area contributed by atoms with E-state index in [1.54, 1.807) is 7.11 Å². The molecule has 3 nitrogen and oxygen atoms in total. The normalized spacial score (nSPS) is 10.6. The highest BCUT2D eigenvalue weighted by molar-refractivity contribution is 5.44. The van der Waals surface area contributed by atoms with Gasteiger partial charge < -0.3 is 9.84 Å². The fourth-order valence-electron chi connectivity index (χ4n) is 2.51. The minimum absolute atomic E-state index is 0.105. The Hall–Kier alpha value is -1.50. The Bertz CT molecular complexity index is 484. The van der Waals surface area contributed by atoms with Gasteiger partial charge in [-0.15, -0.1) is 0 Å². The standard InChI is InChI=1S/C18H27NO2/c1-5-17(6-2)19(3)14-16-13-15(9-7-8-12-20)10-11-18(16)21-4/h10-11,13,17,20H,5-6,8,12,14H2,1-4H3. The molecular formula is C18H27NO2. The van der Waals surface area contributed by atoms with Gasteiger partial charge in [0.1, 0.15) is 5.75 Å². The van der Waals surface area contributed by atoms with Gasteiger partial charge in [-0.25, -0.2) is 0 Å². The summed E-state index contributed by atoms with van der Waals surface area (Å²) in [6, 6.07) is 6.60. The maximum Gasteiger partial charge on any atom is 0.123 e. The summed E-state index contributed by atoms with van der Waals surface area (Å²) in [4.78, 5) is 2.36. The maximum absolute atomic E-state index is 8.79. The monoisotopic (exact) mass is 289 g/mol. The molecule has 0 saturated heterocycles. The van der Waals surface area contributed by atoms with Crippen molar-refractivity contribution in [1.82, 2.24) is 4.90 Å². The molecule has 1 aromatic rings. The molecule has 116 valence electrons. The minimum Gasteiger partial charge on any atom is -0.496 e. The van der Waals surface area contributed by atoms with Crippen LogP contribution in [-0.4, -0.2) is 36.8 Å². The van der Waals surface area contributed by atoms with Crippen molar-refractivity contribution in [2.24, 2.45) is 0 Å². The second-order valence-corrected chi connectivity index (χ2v) is 5.19. The van der Waals surface area contributed by atoms with Crippen molar-refractivity contribution in [3.8, 4) is 17.6 Å². The summed E-state index contributed by atoms with van der Waals surface area (Å²) in [6.45, 7) is 5.40. The largest absolute Gasteiger partial charge is 0.496 e. The quantitative estimate of drug-likeness (QED) is 0.783. The van der Waals surface area contributed by atoms with Crippen LogP contribution in [0.3, 0.4) is 0 Å². The molecule has 1 N–H and O–H groups in total. The average Bonchev–Trinajstić information content (AvgIpc) is 2.49. The molecule has 0 saturated carbocycles. The van der Waals surface area contributed by atoms with Gasteiger partial charge in [0.2, 0.25) is 0 Å². The molecule has 0 atom stereocenters. The Morgan fingerprint density at radius 1 is 1.29 bits per heavy atom. The molecule has 0 heterocycles. The predicted octanol–water partition coefficient (Wildman–Crippen LogP) is 3.05. The lowest BCUT2D eigenvalue weighted by atomic mass is 10.1. The highest BCUT2D eigenvalue weighted by Gasteiger charge is 2.13. The lowest BCUT2D eigenvalue weighted by molar-refractivity contribution is 0.219. The zero-order valence-electron chi connectivity index (χ0n) is 13.6. The first-order valence-corrected chi connectivity index (χ1v) is 7.63. The summed E-state index contributed by atoms with van der Waals surface area (Å²) < 4.78 is 5.46. The molecule has 0 aliphatic heterocycles. The first-order chi connectivity index (χ1) is 10.2. The number of nitrogens with zero attached hydrogens (tertiary/aromatic N) is 1. The summed E-state index contributed by atoms with van der Waals surface area (Å²) in [5, 5.41) is 8.79. The van der Waals surface area contributed by atoms with Crippen molar-refractivity contribution in [2.75, 3.05) is 20.8 Å². The molecule has 0 radical (unpaired) electrons. The molecule has 21 heavy (non-hydrogen) atoms. The zero-order chi connectivity index (χ0) is 15.7. The van der Waals surface area contributed by atoms with Crippen LogP contribution in [0.2, 0.25) is 0 Å². The average molecular weight is 289 g/mol. The van der Waals surface area contributed by atoms with E-state index in [1.807, 2.05) is 12.1 Å². The smallest absolute Gasteiger partial charge is 0.123 e. The number of rotatable bonds is 7. The molecule has 0 amide bonds. The Balaban J connectivity index is 2.93. The molecule has 0 unspecified atom stereocenters. The molecule has 0 aliphatic carbocycles. The van der Waals surface area contributed by atoms with Crippen LogP contribution in [0.5, 0.6) is 5.75 Å².